The van der Waals surface area contributed by atoms with Gasteiger partial charge in [0.25, 0.3) is 0 Å². The minimum atomic E-state index is 0.668. The Morgan fingerprint density at radius 2 is 2.12 bits per heavy atom. The number of rotatable bonds is 1. The van der Waals surface area contributed by atoms with Crippen molar-refractivity contribution in [1.82, 2.24) is 9.97 Å². The minimum absolute atomic E-state index is 0.668. The fourth-order valence-electron chi connectivity index (χ4n) is 2.24. The Kier molecular flexibility index (Phi) is 3.04. The molecule has 3 rings (SSSR count). The van der Waals surface area contributed by atoms with Gasteiger partial charge in [0.15, 0.2) is 0 Å². The predicted molar refractivity (Wildman–Crippen MR) is 76.3 cm³/mol. The van der Waals surface area contributed by atoms with Gasteiger partial charge < -0.3 is 4.90 Å². The number of hydrogen-bond donors (Lipinski definition) is 0. The number of fused-ring (bicyclic) bond motifs is 1. The first-order valence-electron chi connectivity index (χ1n) is 5.83. The second-order valence-corrected chi connectivity index (χ2v) is 6.63. The van der Waals surface area contributed by atoms with Crippen LogP contribution in [0.15, 0.2) is 11.7 Å². The van der Waals surface area contributed by atoms with Gasteiger partial charge in [0.1, 0.15) is 12.1 Å². The van der Waals surface area contributed by atoms with E-state index >= 15 is 0 Å². The van der Waals surface area contributed by atoms with Crippen molar-refractivity contribution in [2.24, 2.45) is 0 Å². The van der Waals surface area contributed by atoms with Crippen LogP contribution in [0, 0.1) is 6.92 Å². The molecule has 90 valence electrons. The molecule has 0 N–H and O–H groups in total. The highest BCUT2D eigenvalue weighted by Crippen LogP contribution is 2.32. The molecule has 2 aromatic heterocycles. The number of aromatic nitrogens is 2. The van der Waals surface area contributed by atoms with Crippen LogP contribution >= 0.6 is 27.3 Å². The molecule has 0 spiro atoms. The third-order valence-electron chi connectivity index (χ3n) is 3.24. The van der Waals surface area contributed by atoms with Gasteiger partial charge in [-0.05, 0) is 30.7 Å². The summed E-state index contributed by atoms with van der Waals surface area (Å²) >= 11 is 5.44. The van der Waals surface area contributed by atoms with Crippen LogP contribution in [0.5, 0.6) is 0 Å². The molecule has 0 atom stereocenters. The van der Waals surface area contributed by atoms with Gasteiger partial charge in [-0.15, -0.1) is 11.3 Å². The highest BCUT2D eigenvalue weighted by Gasteiger charge is 2.20. The number of nitrogens with zero attached hydrogens (tertiary/aromatic N) is 3. The molecule has 3 nitrogen and oxygen atoms in total. The van der Waals surface area contributed by atoms with E-state index in [1.54, 1.807) is 17.7 Å². The maximum atomic E-state index is 4.48. The summed E-state index contributed by atoms with van der Waals surface area (Å²) in [4.78, 5) is 11.9. The molecule has 0 aromatic carbocycles. The Hall–Kier alpha value is -0.680. The molecule has 2 aromatic rings. The maximum absolute atomic E-state index is 4.48. The Bertz CT molecular complexity index is 532. The van der Waals surface area contributed by atoms with Crippen LogP contribution in [0.25, 0.3) is 10.2 Å². The van der Waals surface area contributed by atoms with Crippen LogP contribution in [0.2, 0.25) is 0 Å². The number of hydrogen-bond acceptors (Lipinski definition) is 4. The fourth-order valence-corrected chi connectivity index (χ4v) is 3.67. The number of thiophene rings is 1. The lowest BCUT2D eigenvalue weighted by Crippen LogP contribution is -2.34. The summed E-state index contributed by atoms with van der Waals surface area (Å²) in [5, 5.41) is 2.17. The van der Waals surface area contributed by atoms with Crippen molar-refractivity contribution in [2.45, 2.75) is 24.6 Å². The van der Waals surface area contributed by atoms with Gasteiger partial charge in [0.05, 0.1) is 10.2 Å². The van der Waals surface area contributed by atoms with Gasteiger partial charge in [-0.2, -0.15) is 0 Å². The SMILES string of the molecule is Cc1csc2c(N3CCC(Br)CC3)ncnc12. The molecule has 1 aliphatic heterocycles. The Morgan fingerprint density at radius 1 is 1.35 bits per heavy atom. The molecule has 0 saturated carbocycles. The lowest BCUT2D eigenvalue weighted by molar-refractivity contribution is 0.594. The maximum Gasteiger partial charge on any atom is 0.150 e. The molecule has 1 saturated heterocycles. The molecule has 0 aliphatic carbocycles. The quantitative estimate of drug-likeness (QED) is 0.756. The zero-order valence-corrected chi connectivity index (χ0v) is 12.1. The summed E-state index contributed by atoms with van der Waals surface area (Å²) in [5.74, 6) is 1.12. The first kappa shape index (κ1) is 11.4. The molecular formula is C12H14BrN3S. The highest BCUT2D eigenvalue weighted by atomic mass is 79.9. The van der Waals surface area contributed by atoms with Crippen molar-refractivity contribution in [2.75, 3.05) is 18.0 Å². The van der Waals surface area contributed by atoms with E-state index in [2.05, 4.69) is 43.1 Å². The monoisotopic (exact) mass is 311 g/mol. The topological polar surface area (TPSA) is 29.0 Å². The first-order valence-corrected chi connectivity index (χ1v) is 7.63. The van der Waals surface area contributed by atoms with E-state index in [9.17, 15) is 0 Å². The van der Waals surface area contributed by atoms with Crippen LogP contribution in [-0.2, 0) is 0 Å². The van der Waals surface area contributed by atoms with Crippen LogP contribution in [-0.4, -0.2) is 27.9 Å². The highest BCUT2D eigenvalue weighted by molar-refractivity contribution is 9.09. The fraction of sp³-hybridized carbons (Fsp3) is 0.500. The van der Waals surface area contributed by atoms with E-state index < -0.39 is 0 Å². The molecule has 1 fully saturated rings. The van der Waals surface area contributed by atoms with Crippen LogP contribution < -0.4 is 4.90 Å². The molecule has 0 bridgehead atoms. The molecule has 0 unspecified atom stereocenters. The second kappa shape index (κ2) is 4.53. The van der Waals surface area contributed by atoms with Gasteiger partial charge >= 0.3 is 0 Å². The molecule has 1 aliphatic rings. The summed E-state index contributed by atoms with van der Waals surface area (Å²) < 4.78 is 1.23. The standard InChI is InChI=1S/C12H14BrN3S/c1-8-6-17-11-10(8)14-7-15-12(11)16-4-2-9(13)3-5-16/h6-7,9H,2-5H2,1H3. The molecule has 5 heteroatoms. The van der Waals surface area contributed by atoms with Crippen molar-refractivity contribution >= 4 is 43.3 Å². The van der Waals surface area contributed by atoms with Crippen molar-refractivity contribution < 1.29 is 0 Å². The molecule has 17 heavy (non-hydrogen) atoms. The third-order valence-corrected chi connectivity index (χ3v) is 5.23. The van der Waals surface area contributed by atoms with E-state index in [0.29, 0.717) is 4.83 Å². The van der Waals surface area contributed by atoms with Crippen LogP contribution in [0.3, 0.4) is 0 Å². The van der Waals surface area contributed by atoms with Gasteiger partial charge in [-0.3, -0.25) is 0 Å². The molecule has 0 radical (unpaired) electrons. The number of alkyl halides is 1. The first-order chi connectivity index (χ1) is 8.25. The average molecular weight is 312 g/mol. The Labute approximate surface area is 113 Å². The van der Waals surface area contributed by atoms with Crippen molar-refractivity contribution in [1.29, 1.82) is 0 Å². The summed E-state index contributed by atoms with van der Waals surface area (Å²) in [5.41, 5.74) is 2.37. The summed E-state index contributed by atoms with van der Waals surface area (Å²) in [6, 6.07) is 0. The summed E-state index contributed by atoms with van der Waals surface area (Å²) in [6.07, 6.45) is 4.07. The van der Waals surface area contributed by atoms with Crippen molar-refractivity contribution in [3.05, 3.63) is 17.3 Å². The zero-order chi connectivity index (χ0) is 11.8. The van der Waals surface area contributed by atoms with E-state index in [4.69, 9.17) is 0 Å². The van der Waals surface area contributed by atoms with Crippen LogP contribution in [0.1, 0.15) is 18.4 Å². The van der Waals surface area contributed by atoms with E-state index in [1.165, 1.54) is 23.1 Å². The predicted octanol–water partition coefficient (Wildman–Crippen LogP) is 3.36. The van der Waals surface area contributed by atoms with Crippen molar-refractivity contribution in [3.8, 4) is 0 Å². The molecule has 3 heterocycles. The normalized spacial score (nSPS) is 17.9. The van der Waals surface area contributed by atoms with E-state index in [-0.39, 0.29) is 0 Å². The number of aryl methyl sites for hydroxylation is 1. The van der Waals surface area contributed by atoms with Gasteiger partial charge in [0.2, 0.25) is 0 Å². The minimum Gasteiger partial charge on any atom is -0.355 e. The average Bonchev–Trinajstić information content (AvgIpc) is 2.73. The summed E-state index contributed by atoms with van der Waals surface area (Å²) in [7, 11) is 0. The smallest absolute Gasteiger partial charge is 0.150 e. The number of anilines is 1. The Balaban J connectivity index is 2.00. The molecular weight excluding hydrogens is 298 g/mol. The van der Waals surface area contributed by atoms with Crippen LogP contribution in [0.4, 0.5) is 5.82 Å². The number of halogens is 1. The lowest BCUT2D eigenvalue weighted by atomic mass is 10.1. The van der Waals surface area contributed by atoms with Crippen molar-refractivity contribution in [3.63, 3.8) is 0 Å². The Morgan fingerprint density at radius 3 is 2.88 bits per heavy atom. The molecule has 0 amide bonds. The van der Waals surface area contributed by atoms with Gasteiger partial charge in [-0.25, -0.2) is 9.97 Å². The lowest BCUT2D eigenvalue weighted by Gasteiger charge is -2.30. The third kappa shape index (κ3) is 2.06. The second-order valence-electron chi connectivity index (χ2n) is 4.46. The zero-order valence-electron chi connectivity index (χ0n) is 9.69. The van der Waals surface area contributed by atoms with E-state index in [0.717, 1.165) is 24.4 Å². The van der Waals surface area contributed by atoms with Gasteiger partial charge in [0, 0.05) is 17.9 Å². The van der Waals surface area contributed by atoms with Gasteiger partial charge in [-0.1, -0.05) is 15.9 Å². The summed E-state index contributed by atoms with van der Waals surface area (Å²) in [6.45, 7) is 4.28. The largest absolute Gasteiger partial charge is 0.355 e. The number of piperidine rings is 1. The van der Waals surface area contributed by atoms with E-state index in [1.807, 2.05) is 0 Å².